The van der Waals surface area contributed by atoms with Gasteiger partial charge in [-0.25, -0.2) is 12.8 Å². The molecule has 0 saturated carbocycles. The standard InChI is InChI=1S/C22H26FN3O5S/c1-16-4-9-19(27)20(15-16)32(30,31)26-13-11-25(12-14-26)21(28)3-2-10-24-22(29)17-5-7-18(23)8-6-17/h4-9,15,27H,2-3,10-14H2,1H3,(H,24,29). The summed E-state index contributed by atoms with van der Waals surface area (Å²) in [5.74, 6) is -1.17. The van der Waals surface area contributed by atoms with Gasteiger partial charge in [0.2, 0.25) is 15.9 Å². The Kier molecular flexibility index (Phi) is 7.47. The molecule has 1 aliphatic rings. The van der Waals surface area contributed by atoms with Crippen LogP contribution in [-0.2, 0) is 14.8 Å². The number of phenols is 1. The van der Waals surface area contributed by atoms with Gasteiger partial charge in [-0.2, -0.15) is 4.31 Å². The smallest absolute Gasteiger partial charge is 0.251 e. The number of rotatable bonds is 7. The molecule has 1 heterocycles. The Hall–Kier alpha value is -2.98. The summed E-state index contributed by atoms with van der Waals surface area (Å²) < 4.78 is 39.9. The van der Waals surface area contributed by atoms with Crippen LogP contribution in [0.5, 0.6) is 5.75 Å². The summed E-state index contributed by atoms with van der Waals surface area (Å²) >= 11 is 0. The molecule has 0 radical (unpaired) electrons. The molecule has 0 aliphatic carbocycles. The van der Waals surface area contributed by atoms with E-state index >= 15 is 0 Å². The normalized spacial score (nSPS) is 14.9. The molecule has 0 spiro atoms. The summed E-state index contributed by atoms with van der Waals surface area (Å²) in [7, 11) is -3.85. The maximum atomic E-state index is 12.9. The van der Waals surface area contributed by atoms with Crippen LogP contribution in [0.2, 0.25) is 0 Å². The van der Waals surface area contributed by atoms with Gasteiger partial charge in [0.05, 0.1) is 0 Å². The number of carbonyl (C=O) groups excluding carboxylic acids is 2. The first-order chi connectivity index (χ1) is 15.2. The third kappa shape index (κ3) is 5.63. The molecule has 0 aromatic heterocycles. The molecule has 0 bridgehead atoms. The lowest BCUT2D eigenvalue weighted by Crippen LogP contribution is -2.50. The van der Waals surface area contributed by atoms with E-state index in [-0.39, 0.29) is 55.1 Å². The lowest BCUT2D eigenvalue weighted by molar-refractivity contribution is -0.132. The van der Waals surface area contributed by atoms with Crippen molar-refractivity contribution >= 4 is 21.8 Å². The van der Waals surface area contributed by atoms with Crippen molar-refractivity contribution in [2.45, 2.75) is 24.7 Å². The maximum Gasteiger partial charge on any atom is 0.251 e. The maximum absolute atomic E-state index is 12.9. The molecule has 2 N–H and O–H groups in total. The lowest BCUT2D eigenvalue weighted by atomic mass is 10.2. The van der Waals surface area contributed by atoms with Crippen molar-refractivity contribution < 1.29 is 27.5 Å². The zero-order valence-corrected chi connectivity index (χ0v) is 18.6. The number of nitrogens with one attached hydrogen (secondary N) is 1. The van der Waals surface area contributed by atoms with Gasteiger partial charge in [0.25, 0.3) is 5.91 Å². The first kappa shape index (κ1) is 23.7. The van der Waals surface area contributed by atoms with Crippen LogP contribution in [0.4, 0.5) is 4.39 Å². The highest BCUT2D eigenvalue weighted by Gasteiger charge is 2.31. The van der Waals surface area contributed by atoms with Crippen LogP contribution >= 0.6 is 0 Å². The number of carbonyl (C=O) groups is 2. The van der Waals surface area contributed by atoms with Crippen LogP contribution in [0.3, 0.4) is 0 Å². The largest absolute Gasteiger partial charge is 0.507 e. The highest BCUT2D eigenvalue weighted by atomic mass is 32.2. The van der Waals surface area contributed by atoms with E-state index in [1.807, 2.05) is 0 Å². The Morgan fingerprint density at radius 3 is 2.38 bits per heavy atom. The molecule has 1 saturated heterocycles. The monoisotopic (exact) mass is 463 g/mol. The second-order valence-electron chi connectivity index (χ2n) is 7.62. The van der Waals surface area contributed by atoms with E-state index in [0.29, 0.717) is 18.5 Å². The predicted molar refractivity (Wildman–Crippen MR) is 116 cm³/mol. The van der Waals surface area contributed by atoms with Crippen LogP contribution in [0.15, 0.2) is 47.4 Å². The topological polar surface area (TPSA) is 107 Å². The molecule has 1 fully saturated rings. The molecule has 0 unspecified atom stereocenters. The molecule has 0 atom stereocenters. The first-order valence-corrected chi connectivity index (χ1v) is 11.7. The van der Waals surface area contributed by atoms with Crippen molar-refractivity contribution in [3.8, 4) is 5.75 Å². The van der Waals surface area contributed by atoms with Gasteiger partial charge in [-0.05, 0) is 55.3 Å². The summed E-state index contributed by atoms with van der Waals surface area (Å²) in [4.78, 5) is 25.9. The number of sulfonamides is 1. The van der Waals surface area contributed by atoms with Gasteiger partial charge < -0.3 is 15.3 Å². The van der Waals surface area contributed by atoms with Crippen molar-refractivity contribution in [1.82, 2.24) is 14.5 Å². The van der Waals surface area contributed by atoms with Crippen LogP contribution in [0.1, 0.15) is 28.8 Å². The summed E-state index contributed by atoms with van der Waals surface area (Å²) in [5, 5.41) is 12.7. The minimum atomic E-state index is -3.85. The predicted octanol–water partition coefficient (Wildman–Crippen LogP) is 1.88. The number of phenolic OH excluding ortho intramolecular Hbond substituents is 1. The number of halogens is 1. The van der Waals surface area contributed by atoms with E-state index in [0.717, 1.165) is 5.56 Å². The van der Waals surface area contributed by atoms with Gasteiger partial charge in [0.1, 0.15) is 16.5 Å². The number of nitrogens with zero attached hydrogens (tertiary/aromatic N) is 2. The van der Waals surface area contributed by atoms with Crippen molar-refractivity contribution in [3.63, 3.8) is 0 Å². The zero-order valence-electron chi connectivity index (χ0n) is 17.8. The Balaban J connectivity index is 1.44. The number of hydrogen-bond donors (Lipinski definition) is 2. The first-order valence-electron chi connectivity index (χ1n) is 10.3. The molecule has 2 amide bonds. The minimum absolute atomic E-state index is 0.114. The van der Waals surface area contributed by atoms with Gasteiger partial charge in [-0.1, -0.05) is 6.07 Å². The fourth-order valence-corrected chi connectivity index (χ4v) is 5.04. The van der Waals surface area contributed by atoms with E-state index in [9.17, 15) is 27.5 Å². The van der Waals surface area contributed by atoms with E-state index < -0.39 is 15.8 Å². The van der Waals surface area contributed by atoms with Crippen LogP contribution < -0.4 is 5.32 Å². The van der Waals surface area contributed by atoms with Crippen molar-refractivity contribution in [2.24, 2.45) is 0 Å². The molecule has 8 nitrogen and oxygen atoms in total. The number of amides is 2. The quantitative estimate of drug-likeness (QED) is 0.610. The molecule has 2 aromatic rings. The van der Waals surface area contributed by atoms with Crippen molar-refractivity contribution in [1.29, 1.82) is 0 Å². The Labute approximate surface area is 186 Å². The molecule has 2 aromatic carbocycles. The Bertz CT molecular complexity index is 1080. The molecular weight excluding hydrogens is 437 g/mol. The molecular formula is C22H26FN3O5S. The highest BCUT2D eigenvalue weighted by Crippen LogP contribution is 2.27. The number of aromatic hydroxyl groups is 1. The number of piperazine rings is 1. The van der Waals surface area contributed by atoms with Gasteiger partial charge in [-0.3, -0.25) is 9.59 Å². The van der Waals surface area contributed by atoms with E-state index in [4.69, 9.17) is 0 Å². The van der Waals surface area contributed by atoms with E-state index in [1.165, 1.54) is 40.7 Å². The summed E-state index contributed by atoms with van der Waals surface area (Å²) in [6, 6.07) is 9.61. The van der Waals surface area contributed by atoms with Crippen molar-refractivity contribution in [3.05, 3.63) is 59.4 Å². The lowest BCUT2D eigenvalue weighted by Gasteiger charge is -2.34. The van der Waals surface area contributed by atoms with Crippen LogP contribution in [0, 0.1) is 12.7 Å². The van der Waals surface area contributed by atoms with Crippen LogP contribution in [0.25, 0.3) is 0 Å². The van der Waals surface area contributed by atoms with E-state index in [2.05, 4.69) is 5.32 Å². The molecule has 32 heavy (non-hydrogen) atoms. The van der Waals surface area contributed by atoms with Gasteiger partial charge in [0, 0.05) is 44.7 Å². The van der Waals surface area contributed by atoms with Crippen LogP contribution in [-0.4, -0.2) is 67.3 Å². The molecule has 172 valence electrons. The zero-order chi connectivity index (χ0) is 23.3. The number of aryl methyl sites for hydroxylation is 1. The van der Waals surface area contributed by atoms with Gasteiger partial charge >= 0.3 is 0 Å². The third-order valence-corrected chi connectivity index (χ3v) is 7.21. The summed E-state index contributed by atoms with van der Waals surface area (Å²) in [5.41, 5.74) is 1.07. The Morgan fingerprint density at radius 2 is 1.72 bits per heavy atom. The summed E-state index contributed by atoms with van der Waals surface area (Å²) in [6.45, 7) is 2.84. The summed E-state index contributed by atoms with van der Waals surface area (Å²) in [6.07, 6.45) is 0.649. The minimum Gasteiger partial charge on any atom is -0.507 e. The fourth-order valence-electron chi connectivity index (χ4n) is 3.45. The van der Waals surface area contributed by atoms with Crippen molar-refractivity contribution in [2.75, 3.05) is 32.7 Å². The fraction of sp³-hybridized carbons (Fsp3) is 0.364. The molecule has 3 rings (SSSR count). The molecule has 10 heteroatoms. The highest BCUT2D eigenvalue weighted by molar-refractivity contribution is 7.89. The average Bonchev–Trinajstić information content (AvgIpc) is 2.78. The van der Waals surface area contributed by atoms with Gasteiger partial charge in [0.15, 0.2) is 0 Å². The third-order valence-electron chi connectivity index (χ3n) is 5.28. The van der Waals surface area contributed by atoms with E-state index in [1.54, 1.807) is 17.9 Å². The average molecular weight is 464 g/mol. The SMILES string of the molecule is Cc1ccc(O)c(S(=O)(=O)N2CCN(C(=O)CCCNC(=O)c3ccc(F)cc3)CC2)c1. The second kappa shape index (κ2) is 10.1. The number of hydrogen-bond acceptors (Lipinski definition) is 5. The molecule has 1 aliphatic heterocycles. The number of benzene rings is 2. The van der Waals surface area contributed by atoms with Gasteiger partial charge in [-0.15, -0.1) is 0 Å². The second-order valence-corrected chi connectivity index (χ2v) is 9.53. The Morgan fingerprint density at radius 1 is 1.06 bits per heavy atom.